The van der Waals surface area contributed by atoms with Gasteiger partial charge in [-0.15, -0.1) is 0 Å². The molecule has 1 amide bonds. The molecule has 0 aliphatic heterocycles. The van der Waals surface area contributed by atoms with Gasteiger partial charge in [-0.25, -0.2) is 4.79 Å². The molecule has 0 heterocycles. The van der Waals surface area contributed by atoms with Crippen molar-refractivity contribution in [1.29, 1.82) is 0 Å². The zero-order valence-corrected chi connectivity index (χ0v) is 13.0. The third-order valence-electron chi connectivity index (χ3n) is 3.61. The smallest absolute Gasteiger partial charge is 0.338 e. The van der Waals surface area contributed by atoms with Crippen molar-refractivity contribution in [1.82, 2.24) is 0 Å². The first-order valence-electron chi connectivity index (χ1n) is 7.15. The number of aryl methyl sites for hydroxylation is 1. The second-order valence-corrected chi connectivity index (χ2v) is 4.97. The summed E-state index contributed by atoms with van der Waals surface area (Å²) >= 11 is 0. The van der Waals surface area contributed by atoms with E-state index in [1.807, 2.05) is 12.1 Å². The predicted octanol–water partition coefficient (Wildman–Crippen LogP) is 3.60. The lowest BCUT2D eigenvalue weighted by atomic mass is 10.1. The third kappa shape index (κ3) is 3.34. The maximum Gasteiger partial charge on any atom is 0.338 e. The van der Waals surface area contributed by atoms with Gasteiger partial charge in [0.15, 0.2) is 0 Å². The normalized spacial score (nSPS) is 10.1. The second-order valence-electron chi connectivity index (χ2n) is 4.97. The fourth-order valence-electron chi connectivity index (χ4n) is 2.19. The van der Waals surface area contributed by atoms with E-state index in [4.69, 9.17) is 4.74 Å². The third-order valence-corrected chi connectivity index (χ3v) is 3.61. The van der Waals surface area contributed by atoms with E-state index in [9.17, 15) is 9.59 Å². The van der Waals surface area contributed by atoms with Gasteiger partial charge in [-0.3, -0.25) is 4.79 Å². The highest BCUT2D eigenvalue weighted by atomic mass is 16.5. The Balaban J connectivity index is 2.22. The average Bonchev–Trinajstić information content (AvgIpc) is 2.56. The van der Waals surface area contributed by atoms with Gasteiger partial charge in [0.05, 0.1) is 12.7 Å². The van der Waals surface area contributed by atoms with Gasteiger partial charge < -0.3 is 10.1 Å². The van der Waals surface area contributed by atoms with Gasteiger partial charge in [0.1, 0.15) is 0 Å². The Hall–Kier alpha value is -2.62. The first-order valence-corrected chi connectivity index (χ1v) is 7.15. The van der Waals surface area contributed by atoms with Crippen LogP contribution in [0.3, 0.4) is 0 Å². The molecule has 2 aromatic carbocycles. The maximum absolute atomic E-state index is 12.3. The number of ether oxygens (including phenoxy) is 1. The first kappa shape index (κ1) is 15.8. The molecule has 0 radical (unpaired) electrons. The van der Waals surface area contributed by atoms with Gasteiger partial charge >= 0.3 is 5.97 Å². The molecule has 0 aliphatic carbocycles. The number of carbonyl (C=O) groups excluding carboxylic acids is 2. The van der Waals surface area contributed by atoms with Crippen LogP contribution in [0.25, 0.3) is 0 Å². The minimum atomic E-state index is -0.416. The van der Waals surface area contributed by atoms with Crippen LogP contribution in [0.1, 0.15) is 38.8 Å². The van der Waals surface area contributed by atoms with Crippen molar-refractivity contribution < 1.29 is 14.3 Å². The Kier molecular flexibility index (Phi) is 4.94. The molecule has 0 bridgehead atoms. The predicted molar refractivity (Wildman–Crippen MR) is 86.3 cm³/mol. The number of hydrogen-bond donors (Lipinski definition) is 1. The molecule has 0 aromatic heterocycles. The highest BCUT2D eigenvalue weighted by molar-refractivity contribution is 6.05. The molecule has 1 N–H and O–H groups in total. The minimum absolute atomic E-state index is 0.201. The van der Waals surface area contributed by atoms with Crippen molar-refractivity contribution in [3.63, 3.8) is 0 Å². The molecule has 0 saturated carbocycles. The molecule has 0 atom stereocenters. The van der Waals surface area contributed by atoms with Gasteiger partial charge in [0.25, 0.3) is 5.91 Å². The van der Waals surface area contributed by atoms with Gasteiger partial charge in [-0.1, -0.05) is 25.1 Å². The van der Waals surface area contributed by atoms with Crippen molar-refractivity contribution in [2.75, 3.05) is 12.4 Å². The number of methoxy groups -OCH3 is 1. The van der Waals surface area contributed by atoms with Crippen LogP contribution in [-0.4, -0.2) is 19.0 Å². The Morgan fingerprint density at radius 1 is 1.09 bits per heavy atom. The number of carbonyl (C=O) groups is 2. The molecule has 0 saturated heterocycles. The van der Waals surface area contributed by atoms with Crippen LogP contribution in [-0.2, 0) is 11.2 Å². The number of esters is 1. The summed E-state index contributed by atoms with van der Waals surface area (Å²) in [5, 5.41) is 2.84. The van der Waals surface area contributed by atoms with Crippen molar-refractivity contribution in [2.45, 2.75) is 20.3 Å². The van der Waals surface area contributed by atoms with E-state index >= 15 is 0 Å². The Bertz CT molecular complexity index is 690. The van der Waals surface area contributed by atoms with Gasteiger partial charge in [-0.05, 0) is 48.7 Å². The Morgan fingerprint density at radius 3 is 2.36 bits per heavy atom. The van der Waals surface area contributed by atoms with Crippen LogP contribution >= 0.6 is 0 Å². The molecule has 0 aliphatic rings. The first-order chi connectivity index (χ1) is 10.6. The van der Waals surface area contributed by atoms with Crippen LogP contribution in [0.15, 0.2) is 42.5 Å². The lowest BCUT2D eigenvalue weighted by Crippen LogP contribution is -2.14. The van der Waals surface area contributed by atoms with Gasteiger partial charge in [0, 0.05) is 11.3 Å². The zero-order chi connectivity index (χ0) is 16.1. The highest BCUT2D eigenvalue weighted by Gasteiger charge is 2.14. The van der Waals surface area contributed by atoms with Gasteiger partial charge in [-0.2, -0.15) is 0 Å². The number of benzene rings is 2. The summed E-state index contributed by atoms with van der Waals surface area (Å²) in [6.45, 7) is 3.85. The average molecular weight is 297 g/mol. The van der Waals surface area contributed by atoms with Crippen molar-refractivity contribution >= 4 is 17.6 Å². The fraction of sp³-hybridized carbons (Fsp3) is 0.222. The van der Waals surface area contributed by atoms with Crippen LogP contribution in [0, 0.1) is 6.92 Å². The summed E-state index contributed by atoms with van der Waals surface area (Å²) in [6.07, 6.45) is 0.933. The van der Waals surface area contributed by atoms with E-state index in [-0.39, 0.29) is 5.91 Å². The molecule has 22 heavy (non-hydrogen) atoms. The largest absolute Gasteiger partial charge is 0.465 e. The molecular formula is C18H19NO3. The molecule has 0 unspecified atom stereocenters. The molecule has 114 valence electrons. The number of rotatable bonds is 4. The van der Waals surface area contributed by atoms with Crippen LogP contribution < -0.4 is 5.32 Å². The Morgan fingerprint density at radius 2 is 1.77 bits per heavy atom. The van der Waals surface area contributed by atoms with Crippen molar-refractivity contribution in [3.8, 4) is 0 Å². The monoisotopic (exact) mass is 297 g/mol. The van der Waals surface area contributed by atoms with E-state index in [0.717, 1.165) is 6.42 Å². The molecular weight excluding hydrogens is 278 g/mol. The van der Waals surface area contributed by atoms with Crippen LogP contribution in [0.2, 0.25) is 0 Å². The summed E-state index contributed by atoms with van der Waals surface area (Å²) in [5.41, 5.74) is 3.50. The Labute approximate surface area is 130 Å². The van der Waals surface area contributed by atoms with E-state index in [1.54, 1.807) is 37.3 Å². The van der Waals surface area contributed by atoms with E-state index in [1.165, 1.54) is 12.7 Å². The fourth-order valence-corrected chi connectivity index (χ4v) is 2.19. The molecule has 0 spiro atoms. The maximum atomic E-state index is 12.3. The minimum Gasteiger partial charge on any atom is -0.465 e. The number of nitrogens with one attached hydrogen (secondary N) is 1. The number of hydrogen-bond acceptors (Lipinski definition) is 3. The molecule has 4 nitrogen and oxygen atoms in total. The summed E-state index contributed by atoms with van der Waals surface area (Å²) in [7, 11) is 1.34. The lowest BCUT2D eigenvalue weighted by molar-refractivity contribution is 0.0599. The summed E-state index contributed by atoms with van der Waals surface area (Å²) < 4.78 is 4.74. The topological polar surface area (TPSA) is 55.4 Å². The molecule has 2 aromatic rings. The quantitative estimate of drug-likeness (QED) is 0.877. The number of anilines is 1. The lowest BCUT2D eigenvalue weighted by Gasteiger charge is -2.11. The van der Waals surface area contributed by atoms with Crippen molar-refractivity contribution in [3.05, 3.63) is 64.7 Å². The second kappa shape index (κ2) is 6.89. The van der Waals surface area contributed by atoms with Gasteiger partial charge in [0.2, 0.25) is 0 Å². The molecule has 0 fully saturated rings. The standard InChI is InChI=1S/C18H19NO3/c1-4-13-8-10-14(11-9-13)17(20)19-16-7-5-6-15(12(16)2)18(21)22-3/h5-11H,4H2,1-3H3,(H,19,20). The molecule has 2 rings (SSSR count). The van der Waals surface area contributed by atoms with E-state index < -0.39 is 5.97 Å². The summed E-state index contributed by atoms with van der Waals surface area (Å²) in [4.78, 5) is 24.0. The number of amides is 1. The van der Waals surface area contributed by atoms with E-state index in [2.05, 4.69) is 12.2 Å². The molecule has 4 heteroatoms. The zero-order valence-electron chi connectivity index (χ0n) is 13.0. The highest BCUT2D eigenvalue weighted by Crippen LogP contribution is 2.20. The van der Waals surface area contributed by atoms with Crippen molar-refractivity contribution in [2.24, 2.45) is 0 Å². The van der Waals surface area contributed by atoms with Crippen LogP contribution in [0.4, 0.5) is 5.69 Å². The van der Waals surface area contributed by atoms with E-state index in [0.29, 0.717) is 22.4 Å². The summed E-state index contributed by atoms with van der Waals surface area (Å²) in [6, 6.07) is 12.6. The SMILES string of the molecule is CCc1ccc(C(=O)Nc2cccc(C(=O)OC)c2C)cc1. The van der Waals surface area contributed by atoms with Crippen LogP contribution in [0.5, 0.6) is 0 Å². The summed E-state index contributed by atoms with van der Waals surface area (Å²) in [5.74, 6) is -0.617.